The molecule has 0 radical (unpaired) electrons. The van der Waals surface area contributed by atoms with Gasteiger partial charge < -0.3 is 10.6 Å². The van der Waals surface area contributed by atoms with E-state index in [4.69, 9.17) is 11.6 Å². The smallest absolute Gasteiger partial charge is 0.271 e. The monoisotopic (exact) mass is 309 g/mol. The molecule has 1 aromatic heterocycles. The summed E-state index contributed by atoms with van der Waals surface area (Å²) in [5.41, 5.74) is 0.314. The Bertz CT molecular complexity index is 492. The fraction of sp³-hybridized carbons (Fsp3) is 0.625. The zero-order chi connectivity index (χ0) is 15.2. The average molecular weight is 310 g/mol. The van der Waals surface area contributed by atoms with Gasteiger partial charge in [-0.15, -0.1) is 0 Å². The Labute approximate surface area is 131 Å². The van der Waals surface area contributed by atoms with Crippen LogP contribution in [0.3, 0.4) is 0 Å². The zero-order valence-corrected chi connectivity index (χ0v) is 13.5. The van der Waals surface area contributed by atoms with Crippen LogP contribution in [0, 0.1) is 5.92 Å². The fourth-order valence-electron chi connectivity index (χ4n) is 2.93. The molecule has 1 aliphatic rings. The Balaban J connectivity index is 2.04. The van der Waals surface area contributed by atoms with Crippen LogP contribution in [0.2, 0.25) is 5.02 Å². The van der Waals surface area contributed by atoms with Crippen molar-refractivity contribution < 1.29 is 4.79 Å². The lowest BCUT2D eigenvalue weighted by Gasteiger charge is -2.29. The van der Waals surface area contributed by atoms with Crippen LogP contribution in [0.5, 0.6) is 0 Å². The highest BCUT2D eigenvalue weighted by Gasteiger charge is 2.23. The molecule has 4 nitrogen and oxygen atoms in total. The number of aromatic nitrogens is 1. The summed E-state index contributed by atoms with van der Waals surface area (Å²) in [7, 11) is 0. The number of halogens is 1. The maximum Gasteiger partial charge on any atom is 0.271 e. The van der Waals surface area contributed by atoms with Gasteiger partial charge in [0, 0.05) is 12.6 Å². The van der Waals surface area contributed by atoms with E-state index in [0.717, 1.165) is 25.3 Å². The van der Waals surface area contributed by atoms with Crippen LogP contribution >= 0.6 is 11.6 Å². The maximum atomic E-state index is 12.4. The number of carbonyl (C=O) groups excluding carboxylic acids is 1. The van der Waals surface area contributed by atoms with Gasteiger partial charge in [-0.2, -0.15) is 0 Å². The predicted molar refractivity (Wildman–Crippen MR) is 86.9 cm³/mol. The fourth-order valence-corrected chi connectivity index (χ4v) is 3.12. The van der Waals surface area contributed by atoms with Gasteiger partial charge in [-0.25, -0.2) is 4.98 Å². The van der Waals surface area contributed by atoms with Crippen LogP contribution < -0.4 is 10.6 Å². The van der Waals surface area contributed by atoms with Gasteiger partial charge in [-0.05, 0) is 37.8 Å². The minimum Gasteiger partial charge on any atom is -0.370 e. The second-order valence-corrected chi connectivity index (χ2v) is 6.08. The van der Waals surface area contributed by atoms with Crippen molar-refractivity contribution in [2.75, 3.05) is 11.9 Å². The van der Waals surface area contributed by atoms with Crippen molar-refractivity contribution in [3.05, 3.63) is 22.8 Å². The third-order valence-corrected chi connectivity index (χ3v) is 4.42. The lowest BCUT2D eigenvalue weighted by molar-refractivity contribution is 0.0914. The number of nitrogens with zero attached hydrogens (tertiary/aromatic N) is 1. The number of amides is 1. The van der Waals surface area contributed by atoms with E-state index in [1.54, 1.807) is 12.1 Å². The normalized spacial score (nSPS) is 21.9. The molecular formula is C16H24ClN3O. The van der Waals surface area contributed by atoms with E-state index < -0.39 is 0 Å². The molecule has 5 heteroatoms. The van der Waals surface area contributed by atoms with Gasteiger partial charge in [-0.1, -0.05) is 37.8 Å². The number of carbonyl (C=O) groups is 1. The number of anilines is 1. The summed E-state index contributed by atoms with van der Waals surface area (Å²) in [6, 6.07) is 3.75. The van der Waals surface area contributed by atoms with Crippen molar-refractivity contribution in [2.24, 2.45) is 5.92 Å². The van der Waals surface area contributed by atoms with Gasteiger partial charge in [0.15, 0.2) is 0 Å². The SMILES string of the molecule is CCNc1ccc(Cl)c(C(=O)NC2CCCC(CC)C2)n1. The second-order valence-electron chi connectivity index (χ2n) is 5.67. The Morgan fingerprint density at radius 2 is 2.19 bits per heavy atom. The lowest BCUT2D eigenvalue weighted by Crippen LogP contribution is -2.38. The first-order valence-corrected chi connectivity index (χ1v) is 8.23. The number of rotatable bonds is 5. The molecule has 1 aliphatic carbocycles. The first-order valence-electron chi connectivity index (χ1n) is 7.85. The van der Waals surface area contributed by atoms with E-state index in [-0.39, 0.29) is 11.9 Å². The molecule has 0 spiro atoms. The molecular weight excluding hydrogens is 286 g/mol. The molecule has 1 heterocycles. The van der Waals surface area contributed by atoms with Gasteiger partial charge in [0.2, 0.25) is 0 Å². The minimum absolute atomic E-state index is 0.165. The van der Waals surface area contributed by atoms with Crippen molar-refractivity contribution in [1.29, 1.82) is 0 Å². The third kappa shape index (κ3) is 4.34. The Hall–Kier alpha value is -1.29. The van der Waals surface area contributed by atoms with Crippen molar-refractivity contribution in [1.82, 2.24) is 10.3 Å². The van der Waals surface area contributed by atoms with Crippen LogP contribution in [0.1, 0.15) is 56.4 Å². The first-order chi connectivity index (χ1) is 10.1. The number of hydrogen-bond acceptors (Lipinski definition) is 3. The molecule has 1 fully saturated rings. The first kappa shape index (κ1) is 16.1. The van der Waals surface area contributed by atoms with Crippen molar-refractivity contribution in [3.8, 4) is 0 Å². The summed E-state index contributed by atoms with van der Waals surface area (Å²) < 4.78 is 0. The van der Waals surface area contributed by atoms with E-state index in [1.807, 2.05) is 6.92 Å². The third-order valence-electron chi connectivity index (χ3n) is 4.11. The molecule has 2 rings (SSSR count). The predicted octanol–water partition coefficient (Wildman–Crippen LogP) is 3.87. The molecule has 2 N–H and O–H groups in total. The van der Waals surface area contributed by atoms with Crippen molar-refractivity contribution in [2.45, 2.75) is 52.0 Å². The van der Waals surface area contributed by atoms with Crippen LogP contribution in [0.25, 0.3) is 0 Å². The van der Waals surface area contributed by atoms with Gasteiger partial charge in [0.1, 0.15) is 11.5 Å². The molecule has 116 valence electrons. The van der Waals surface area contributed by atoms with E-state index in [1.165, 1.54) is 19.3 Å². The summed E-state index contributed by atoms with van der Waals surface area (Å²) in [6.45, 7) is 4.96. The highest BCUT2D eigenvalue weighted by atomic mass is 35.5. The van der Waals surface area contributed by atoms with Gasteiger partial charge in [0.25, 0.3) is 5.91 Å². The highest BCUT2D eigenvalue weighted by molar-refractivity contribution is 6.33. The van der Waals surface area contributed by atoms with Gasteiger partial charge in [-0.3, -0.25) is 4.79 Å². The molecule has 0 bridgehead atoms. The molecule has 1 saturated carbocycles. The molecule has 0 saturated heterocycles. The van der Waals surface area contributed by atoms with Crippen LogP contribution in [-0.2, 0) is 0 Å². The molecule has 1 amide bonds. The van der Waals surface area contributed by atoms with Crippen LogP contribution in [0.4, 0.5) is 5.82 Å². The molecule has 1 aromatic rings. The highest BCUT2D eigenvalue weighted by Crippen LogP contribution is 2.27. The largest absolute Gasteiger partial charge is 0.370 e. The zero-order valence-electron chi connectivity index (χ0n) is 12.8. The summed E-state index contributed by atoms with van der Waals surface area (Å²) in [5.74, 6) is 1.24. The average Bonchev–Trinajstić information content (AvgIpc) is 2.49. The number of pyridine rings is 1. The summed E-state index contributed by atoms with van der Waals surface area (Å²) in [6.07, 6.45) is 5.75. The Morgan fingerprint density at radius 1 is 1.38 bits per heavy atom. The number of hydrogen-bond donors (Lipinski definition) is 2. The van der Waals surface area contributed by atoms with E-state index in [0.29, 0.717) is 16.5 Å². The summed E-state index contributed by atoms with van der Waals surface area (Å²) >= 11 is 6.11. The Morgan fingerprint density at radius 3 is 2.90 bits per heavy atom. The molecule has 0 aliphatic heterocycles. The summed E-state index contributed by atoms with van der Waals surface area (Å²) in [5, 5.41) is 6.60. The molecule has 0 aromatic carbocycles. The topological polar surface area (TPSA) is 54.0 Å². The quantitative estimate of drug-likeness (QED) is 0.868. The lowest BCUT2D eigenvalue weighted by atomic mass is 9.84. The molecule has 21 heavy (non-hydrogen) atoms. The standard InChI is InChI=1S/C16H24ClN3O/c1-3-11-6-5-7-12(10-11)19-16(21)15-13(17)8-9-14(20-15)18-4-2/h8-9,11-12H,3-7,10H2,1-2H3,(H,18,20)(H,19,21). The summed E-state index contributed by atoms with van der Waals surface area (Å²) in [4.78, 5) is 16.7. The Kier molecular flexibility index (Phi) is 5.85. The van der Waals surface area contributed by atoms with Crippen LogP contribution in [-0.4, -0.2) is 23.5 Å². The van der Waals surface area contributed by atoms with Crippen molar-refractivity contribution in [3.63, 3.8) is 0 Å². The maximum absolute atomic E-state index is 12.4. The molecule has 2 atom stereocenters. The van der Waals surface area contributed by atoms with Gasteiger partial charge >= 0.3 is 0 Å². The van der Waals surface area contributed by atoms with E-state index >= 15 is 0 Å². The van der Waals surface area contributed by atoms with Crippen molar-refractivity contribution >= 4 is 23.3 Å². The number of nitrogens with one attached hydrogen (secondary N) is 2. The van der Waals surface area contributed by atoms with Gasteiger partial charge in [0.05, 0.1) is 5.02 Å². The van der Waals surface area contributed by atoms with E-state index in [2.05, 4.69) is 22.5 Å². The molecule has 2 unspecified atom stereocenters. The minimum atomic E-state index is -0.165. The van der Waals surface area contributed by atoms with E-state index in [9.17, 15) is 4.79 Å². The second kappa shape index (κ2) is 7.64. The van der Waals surface area contributed by atoms with Crippen LogP contribution in [0.15, 0.2) is 12.1 Å².